The molecule has 23 heavy (non-hydrogen) atoms. The molecule has 0 aliphatic rings. The van der Waals surface area contributed by atoms with Crippen molar-refractivity contribution in [2.24, 2.45) is 0 Å². The highest BCUT2D eigenvalue weighted by Crippen LogP contribution is 2.15. The maximum atomic E-state index is 12.3. The number of amides is 1. The second-order valence-electron chi connectivity index (χ2n) is 5.39. The van der Waals surface area contributed by atoms with Gasteiger partial charge in [-0.3, -0.25) is 4.79 Å². The normalized spacial score (nSPS) is 10.5. The third-order valence-electron chi connectivity index (χ3n) is 3.38. The van der Waals surface area contributed by atoms with Crippen molar-refractivity contribution in [3.05, 3.63) is 46.4 Å². The molecule has 2 rings (SSSR count). The Morgan fingerprint density at radius 2 is 1.87 bits per heavy atom. The first-order chi connectivity index (χ1) is 11.2. The first kappa shape index (κ1) is 17.5. The fraction of sp³-hybridized carbons (Fsp3) is 0.444. The first-order valence-electron chi connectivity index (χ1n) is 8.11. The third-order valence-corrected chi connectivity index (χ3v) is 4.25. The SMILES string of the molecule is CCCN(CCC)C(=O)Cc1csc(COc2ccccc2)n1. The van der Waals surface area contributed by atoms with E-state index in [1.807, 2.05) is 40.6 Å². The van der Waals surface area contributed by atoms with Gasteiger partial charge in [0.25, 0.3) is 0 Å². The summed E-state index contributed by atoms with van der Waals surface area (Å²) in [5, 5.41) is 2.85. The molecule has 0 atom stereocenters. The number of rotatable bonds is 9. The van der Waals surface area contributed by atoms with Crippen LogP contribution in [0, 0.1) is 0 Å². The number of benzene rings is 1. The van der Waals surface area contributed by atoms with E-state index in [0.29, 0.717) is 13.0 Å². The Balaban J connectivity index is 1.87. The Bertz CT molecular complexity index is 592. The van der Waals surface area contributed by atoms with E-state index in [2.05, 4.69) is 18.8 Å². The van der Waals surface area contributed by atoms with Gasteiger partial charge >= 0.3 is 0 Å². The maximum Gasteiger partial charge on any atom is 0.228 e. The lowest BCUT2D eigenvalue weighted by molar-refractivity contribution is -0.130. The van der Waals surface area contributed by atoms with Crippen LogP contribution < -0.4 is 4.74 Å². The van der Waals surface area contributed by atoms with Gasteiger partial charge in [-0.15, -0.1) is 11.3 Å². The maximum absolute atomic E-state index is 12.3. The van der Waals surface area contributed by atoms with Crippen molar-refractivity contribution in [3.63, 3.8) is 0 Å². The molecule has 1 amide bonds. The summed E-state index contributed by atoms with van der Waals surface area (Å²) in [6.45, 7) is 6.27. The summed E-state index contributed by atoms with van der Waals surface area (Å²) in [7, 11) is 0. The molecule has 124 valence electrons. The predicted molar refractivity (Wildman–Crippen MR) is 93.8 cm³/mol. The summed E-state index contributed by atoms with van der Waals surface area (Å²) >= 11 is 1.54. The summed E-state index contributed by atoms with van der Waals surface area (Å²) in [6.07, 6.45) is 2.35. The zero-order valence-corrected chi connectivity index (χ0v) is 14.6. The van der Waals surface area contributed by atoms with Gasteiger partial charge in [0.1, 0.15) is 17.4 Å². The largest absolute Gasteiger partial charge is 0.486 e. The molecular weight excluding hydrogens is 308 g/mol. The Labute approximate surface area is 142 Å². The van der Waals surface area contributed by atoms with Crippen LogP contribution in [0.25, 0.3) is 0 Å². The van der Waals surface area contributed by atoms with E-state index in [-0.39, 0.29) is 5.91 Å². The zero-order valence-electron chi connectivity index (χ0n) is 13.8. The molecule has 1 heterocycles. The fourth-order valence-corrected chi connectivity index (χ4v) is 3.03. The summed E-state index contributed by atoms with van der Waals surface area (Å²) in [5.41, 5.74) is 0.837. The molecule has 0 saturated heterocycles. The number of carbonyl (C=O) groups excluding carboxylic acids is 1. The topological polar surface area (TPSA) is 42.4 Å². The molecule has 0 saturated carbocycles. The Morgan fingerprint density at radius 3 is 2.52 bits per heavy atom. The Hall–Kier alpha value is -1.88. The predicted octanol–water partition coefficient (Wildman–Crippen LogP) is 3.91. The van der Waals surface area contributed by atoms with Gasteiger partial charge < -0.3 is 9.64 Å². The molecule has 0 unspecified atom stereocenters. The second-order valence-corrected chi connectivity index (χ2v) is 6.33. The number of carbonyl (C=O) groups is 1. The average molecular weight is 332 g/mol. The monoisotopic (exact) mass is 332 g/mol. The molecule has 2 aromatic rings. The lowest BCUT2D eigenvalue weighted by Crippen LogP contribution is -2.33. The van der Waals surface area contributed by atoms with Crippen molar-refractivity contribution in [1.29, 1.82) is 0 Å². The van der Waals surface area contributed by atoms with Gasteiger partial charge in [-0.05, 0) is 25.0 Å². The molecule has 5 heteroatoms. The van der Waals surface area contributed by atoms with E-state index in [1.54, 1.807) is 11.3 Å². The van der Waals surface area contributed by atoms with Crippen LogP contribution in [0.2, 0.25) is 0 Å². The smallest absolute Gasteiger partial charge is 0.228 e. The molecule has 0 fully saturated rings. The van der Waals surface area contributed by atoms with E-state index in [1.165, 1.54) is 0 Å². The average Bonchev–Trinajstić information content (AvgIpc) is 3.01. The molecule has 0 spiro atoms. The minimum atomic E-state index is 0.162. The fourth-order valence-electron chi connectivity index (χ4n) is 2.33. The van der Waals surface area contributed by atoms with Gasteiger partial charge in [-0.2, -0.15) is 0 Å². The number of para-hydroxylation sites is 1. The van der Waals surface area contributed by atoms with Crippen molar-refractivity contribution < 1.29 is 9.53 Å². The van der Waals surface area contributed by atoms with Gasteiger partial charge in [0.05, 0.1) is 12.1 Å². The number of ether oxygens (including phenoxy) is 1. The lowest BCUT2D eigenvalue weighted by Gasteiger charge is -2.20. The number of aromatic nitrogens is 1. The van der Waals surface area contributed by atoms with Gasteiger partial charge in [-0.25, -0.2) is 4.98 Å². The highest BCUT2D eigenvalue weighted by molar-refractivity contribution is 7.09. The summed E-state index contributed by atoms with van der Waals surface area (Å²) in [6, 6.07) is 9.68. The minimum Gasteiger partial charge on any atom is -0.486 e. The summed E-state index contributed by atoms with van der Waals surface area (Å²) < 4.78 is 5.69. The molecule has 1 aromatic heterocycles. The van der Waals surface area contributed by atoms with Gasteiger partial charge in [0.15, 0.2) is 0 Å². The van der Waals surface area contributed by atoms with Crippen LogP contribution in [0.15, 0.2) is 35.7 Å². The molecule has 0 N–H and O–H groups in total. The molecule has 0 aliphatic heterocycles. The molecular formula is C18H24N2O2S. The van der Waals surface area contributed by atoms with Crippen LogP contribution in [-0.4, -0.2) is 28.9 Å². The van der Waals surface area contributed by atoms with E-state index in [9.17, 15) is 4.79 Å². The summed E-state index contributed by atoms with van der Waals surface area (Å²) in [5.74, 6) is 0.993. The van der Waals surface area contributed by atoms with Crippen LogP contribution in [0.3, 0.4) is 0 Å². The van der Waals surface area contributed by atoms with Crippen LogP contribution in [0.1, 0.15) is 37.4 Å². The van der Waals surface area contributed by atoms with E-state index in [0.717, 1.165) is 42.4 Å². The quantitative estimate of drug-likeness (QED) is 0.699. The third kappa shape index (κ3) is 5.67. The van der Waals surface area contributed by atoms with Crippen LogP contribution in [0.5, 0.6) is 5.75 Å². The van der Waals surface area contributed by atoms with Crippen LogP contribution in [-0.2, 0) is 17.8 Å². The van der Waals surface area contributed by atoms with Crippen molar-refractivity contribution in [3.8, 4) is 5.75 Å². The van der Waals surface area contributed by atoms with Crippen molar-refractivity contribution in [2.45, 2.75) is 39.7 Å². The van der Waals surface area contributed by atoms with Gasteiger partial charge in [-0.1, -0.05) is 32.0 Å². The number of thiazole rings is 1. The first-order valence-corrected chi connectivity index (χ1v) is 8.99. The lowest BCUT2D eigenvalue weighted by atomic mass is 10.2. The standard InChI is InChI=1S/C18H24N2O2S/c1-3-10-20(11-4-2)18(21)12-15-14-23-17(19-15)13-22-16-8-6-5-7-9-16/h5-9,14H,3-4,10-13H2,1-2H3. The molecule has 0 radical (unpaired) electrons. The molecule has 1 aromatic carbocycles. The van der Waals surface area contributed by atoms with Crippen molar-refractivity contribution in [1.82, 2.24) is 9.88 Å². The minimum absolute atomic E-state index is 0.162. The van der Waals surface area contributed by atoms with Gasteiger partial charge in [0, 0.05) is 18.5 Å². The van der Waals surface area contributed by atoms with E-state index in [4.69, 9.17) is 4.74 Å². The highest BCUT2D eigenvalue weighted by atomic mass is 32.1. The van der Waals surface area contributed by atoms with E-state index >= 15 is 0 Å². The molecule has 0 bridgehead atoms. The van der Waals surface area contributed by atoms with Crippen molar-refractivity contribution >= 4 is 17.2 Å². The Kier molecular flexibility index (Phi) is 7.07. The molecule has 0 aliphatic carbocycles. The number of nitrogens with zero attached hydrogens (tertiary/aromatic N) is 2. The summed E-state index contributed by atoms with van der Waals surface area (Å²) in [4.78, 5) is 18.8. The Morgan fingerprint density at radius 1 is 1.17 bits per heavy atom. The molecule has 4 nitrogen and oxygen atoms in total. The van der Waals surface area contributed by atoms with E-state index < -0.39 is 0 Å². The number of hydrogen-bond donors (Lipinski definition) is 0. The van der Waals surface area contributed by atoms with Gasteiger partial charge in [0.2, 0.25) is 5.91 Å². The number of hydrogen-bond acceptors (Lipinski definition) is 4. The van der Waals surface area contributed by atoms with Crippen LogP contribution in [0.4, 0.5) is 0 Å². The van der Waals surface area contributed by atoms with Crippen LogP contribution >= 0.6 is 11.3 Å². The highest BCUT2D eigenvalue weighted by Gasteiger charge is 2.14. The van der Waals surface area contributed by atoms with Crippen molar-refractivity contribution in [2.75, 3.05) is 13.1 Å². The zero-order chi connectivity index (χ0) is 16.5. The second kappa shape index (κ2) is 9.30.